The molecular formula is C16H12BrN3O4. The summed E-state index contributed by atoms with van der Waals surface area (Å²) in [5.74, 6) is -0.133. The topological polar surface area (TPSA) is 85.0 Å². The lowest BCUT2D eigenvalue weighted by atomic mass is 10.1. The SMILES string of the molecule is CC(=O)N1N=C(c2ccc(Br)cc2)OC1c1ccccc1[N+](=O)[O-]. The quantitative estimate of drug-likeness (QED) is 0.592. The molecule has 0 saturated heterocycles. The van der Waals surface area contributed by atoms with E-state index in [9.17, 15) is 14.9 Å². The number of nitrogens with zero attached hydrogens (tertiary/aromatic N) is 3. The Morgan fingerprint density at radius 3 is 2.54 bits per heavy atom. The first-order valence-corrected chi connectivity index (χ1v) is 7.81. The molecule has 0 N–H and O–H groups in total. The third-order valence-electron chi connectivity index (χ3n) is 3.46. The number of carbonyl (C=O) groups is 1. The second-order valence-corrected chi connectivity index (χ2v) is 5.98. The summed E-state index contributed by atoms with van der Waals surface area (Å²) in [5.41, 5.74) is 0.820. The molecule has 1 amide bonds. The lowest BCUT2D eigenvalue weighted by Crippen LogP contribution is -2.25. The number of nitro groups is 1. The fourth-order valence-electron chi connectivity index (χ4n) is 2.34. The number of halogens is 1. The van der Waals surface area contributed by atoms with Gasteiger partial charge in [0.2, 0.25) is 18.0 Å². The van der Waals surface area contributed by atoms with Crippen molar-refractivity contribution < 1.29 is 14.5 Å². The van der Waals surface area contributed by atoms with Crippen LogP contribution in [0.4, 0.5) is 5.69 Å². The lowest BCUT2D eigenvalue weighted by Gasteiger charge is -2.19. The number of benzene rings is 2. The van der Waals surface area contributed by atoms with Crippen LogP contribution in [0.3, 0.4) is 0 Å². The Hall–Kier alpha value is -2.74. The van der Waals surface area contributed by atoms with Crippen LogP contribution in [0.5, 0.6) is 0 Å². The highest BCUT2D eigenvalue weighted by atomic mass is 79.9. The number of carbonyl (C=O) groups excluding carboxylic acids is 1. The van der Waals surface area contributed by atoms with Crippen molar-refractivity contribution in [1.29, 1.82) is 0 Å². The van der Waals surface area contributed by atoms with Gasteiger partial charge in [-0.05, 0) is 30.3 Å². The van der Waals surface area contributed by atoms with E-state index in [0.717, 1.165) is 9.48 Å². The van der Waals surface area contributed by atoms with E-state index >= 15 is 0 Å². The fourth-order valence-corrected chi connectivity index (χ4v) is 2.61. The maximum absolute atomic E-state index is 11.9. The van der Waals surface area contributed by atoms with Crippen LogP contribution in [0.25, 0.3) is 0 Å². The van der Waals surface area contributed by atoms with Crippen molar-refractivity contribution >= 4 is 33.4 Å². The van der Waals surface area contributed by atoms with Crippen molar-refractivity contribution in [2.75, 3.05) is 0 Å². The molecule has 0 bridgehead atoms. The molecule has 2 aromatic rings. The molecule has 1 aliphatic heterocycles. The molecule has 8 heteroatoms. The van der Waals surface area contributed by atoms with E-state index in [-0.39, 0.29) is 23.1 Å². The van der Waals surface area contributed by atoms with Crippen LogP contribution < -0.4 is 0 Å². The summed E-state index contributed by atoms with van der Waals surface area (Å²) in [7, 11) is 0. The van der Waals surface area contributed by atoms with Gasteiger partial charge in [0.1, 0.15) is 0 Å². The van der Waals surface area contributed by atoms with Crippen molar-refractivity contribution in [2.45, 2.75) is 13.2 Å². The third kappa shape index (κ3) is 3.00. The summed E-state index contributed by atoms with van der Waals surface area (Å²) in [6.45, 7) is 1.33. The van der Waals surface area contributed by atoms with Crippen LogP contribution >= 0.6 is 15.9 Å². The van der Waals surface area contributed by atoms with E-state index < -0.39 is 11.2 Å². The Morgan fingerprint density at radius 2 is 1.92 bits per heavy atom. The molecule has 1 heterocycles. The Kier molecular flexibility index (Phi) is 4.30. The van der Waals surface area contributed by atoms with Crippen molar-refractivity contribution in [1.82, 2.24) is 5.01 Å². The molecule has 1 atom stereocenters. The number of nitro benzene ring substituents is 1. The van der Waals surface area contributed by atoms with E-state index in [1.807, 2.05) is 12.1 Å². The summed E-state index contributed by atoms with van der Waals surface area (Å²) in [6.07, 6.45) is -0.970. The van der Waals surface area contributed by atoms with Gasteiger partial charge in [0.15, 0.2) is 0 Å². The van der Waals surface area contributed by atoms with Gasteiger partial charge in [-0.25, -0.2) is 0 Å². The second kappa shape index (κ2) is 6.40. The van der Waals surface area contributed by atoms with E-state index in [2.05, 4.69) is 21.0 Å². The first-order valence-electron chi connectivity index (χ1n) is 7.01. The molecule has 122 valence electrons. The summed E-state index contributed by atoms with van der Waals surface area (Å²) < 4.78 is 6.67. The zero-order valence-electron chi connectivity index (χ0n) is 12.5. The summed E-state index contributed by atoms with van der Waals surface area (Å²) >= 11 is 3.34. The first-order chi connectivity index (χ1) is 11.5. The zero-order chi connectivity index (χ0) is 17.3. The molecule has 24 heavy (non-hydrogen) atoms. The smallest absolute Gasteiger partial charge is 0.278 e. The average Bonchev–Trinajstić information content (AvgIpc) is 3.01. The predicted molar refractivity (Wildman–Crippen MR) is 90.1 cm³/mol. The maximum Gasteiger partial charge on any atom is 0.278 e. The third-order valence-corrected chi connectivity index (χ3v) is 3.99. The van der Waals surface area contributed by atoms with Crippen molar-refractivity contribution in [3.05, 3.63) is 74.2 Å². The van der Waals surface area contributed by atoms with Gasteiger partial charge >= 0.3 is 0 Å². The highest BCUT2D eigenvalue weighted by Crippen LogP contribution is 2.35. The van der Waals surface area contributed by atoms with E-state index in [4.69, 9.17) is 4.74 Å². The zero-order valence-corrected chi connectivity index (χ0v) is 14.1. The van der Waals surface area contributed by atoms with Crippen LogP contribution in [0, 0.1) is 10.1 Å². The Labute approximate surface area is 145 Å². The minimum Gasteiger partial charge on any atom is -0.445 e. The predicted octanol–water partition coefficient (Wildman–Crippen LogP) is 3.60. The minimum absolute atomic E-state index is 0.124. The molecule has 1 unspecified atom stereocenters. The van der Waals surface area contributed by atoms with Crippen molar-refractivity contribution in [3.63, 3.8) is 0 Å². The molecule has 2 aromatic carbocycles. The Morgan fingerprint density at radius 1 is 1.25 bits per heavy atom. The highest BCUT2D eigenvalue weighted by Gasteiger charge is 2.36. The van der Waals surface area contributed by atoms with Crippen LogP contribution in [-0.2, 0) is 9.53 Å². The largest absolute Gasteiger partial charge is 0.445 e. The molecule has 0 fully saturated rings. The van der Waals surface area contributed by atoms with Crippen LogP contribution in [0.1, 0.15) is 24.3 Å². The van der Waals surface area contributed by atoms with Gasteiger partial charge in [0, 0.05) is 23.0 Å². The Balaban J connectivity index is 2.00. The number of ether oxygens (including phenoxy) is 1. The van der Waals surface area contributed by atoms with E-state index in [1.54, 1.807) is 30.3 Å². The molecule has 0 aliphatic carbocycles. The standard InChI is InChI=1S/C16H12BrN3O4/c1-10(21)19-16(13-4-2-3-5-14(13)20(22)23)24-15(18-19)11-6-8-12(17)9-7-11/h2-9,16H,1H3. The molecule has 0 spiro atoms. The first kappa shape index (κ1) is 16.1. The molecule has 3 rings (SSSR count). The average molecular weight is 390 g/mol. The van der Waals surface area contributed by atoms with Gasteiger partial charge in [-0.3, -0.25) is 14.9 Å². The van der Waals surface area contributed by atoms with Gasteiger partial charge in [0.05, 0.1) is 10.5 Å². The monoisotopic (exact) mass is 389 g/mol. The number of rotatable bonds is 3. The van der Waals surface area contributed by atoms with Gasteiger partial charge in [-0.15, -0.1) is 5.10 Å². The van der Waals surface area contributed by atoms with Gasteiger partial charge in [0.25, 0.3) is 5.69 Å². The minimum atomic E-state index is -0.970. The van der Waals surface area contributed by atoms with Crippen molar-refractivity contribution in [2.24, 2.45) is 5.10 Å². The fraction of sp³-hybridized carbons (Fsp3) is 0.125. The van der Waals surface area contributed by atoms with Crippen molar-refractivity contribution in [3.8, 4) is 0 Å². The van der Waals surface area contributed by atoms with Gasteiger partial charge in [-0.1, -0.05) is 28.1 Å². The summed E-state index contributed by atoms with van der Waals surface area (Å²) in [4.78, 5) is 22.6. The van der Waals surface area contributed by atoms with Gasteiger partial charge in [-0.2, -0.15) is 5.01 Å². The Bertz CT molecular complexity index is 835. The molecular weight excluding hydrogens is 378 g/mol. The molecule has 1 aliphatic rings. The second-order valence-electron chi connectivity index (χ2n) is 5.06. The van der Waals surface area contributed by atoms with Gasteiger partial charge < -0.3 is 4.74 Å². The number of amides is 1. The number of hydrazone groups is 1. The number of hydrogen-bond donors (Lipinski definition) is 0. The number of para-hydroxylation sites is 1. The molecule has 7 nitrogen and oxygen atoms in total. The van der Waals surface area contributed by atoms with E-state index in [1.165, 1.54) is 13.0 Å². The normalized spacial score (nSPS) is 16.5. The van der Waals surface area contributed by atoms with Crippen LogP contribution in [0.2, 0.25) is 0 Å². The highest BCUT2D eigenvalue weighted by molar-refractivity contribution is 9.10. The lowest BCUT2D eigenvalue weighted by molar-refractivity contribution is -0.386. The maximum atomic E-state index is 11.9. The van der Waals surface area contributed by atoms with E-state index in [0.29, 0.717) is 5.56 Å². The summed E-state index contributed by atoms with van der Waals surface area (Å²) in [6, 6.07) is 13.3. The number of hydrogen-bond acceptors (Lipinski definition) is 5. The molecule has 0 saturated carbocycles. The summed E-state index contributed by atoms with van der Waals surface area (Å²) in [5, 5.41) is 16.5. The molecule has 0 aromatic heterocycles. The van der Waals surface area contributed by atoms with Crippen LogP contribution in [0.15, 0.2) is 58.1 Å². The van der Waals surface area contributed by atoms with Crippen LogP contribution in [-0.4, -0.2) is 21.7 Å². The molecule has 0 radical (unpaired) electrons.